The number of nitrogens with one attached hydrogen (secondary N) is 3. The number of rotatable bonds is 13. The molecule has 1 aromatic heterocycles. The third-order valence-electron chi connectivity index (χ3n) is 5.97. The summed E-state index contributed by atoms with van der Waals surface area (Å²) in [7, 11) is 0. The van der Waals surface area contributed by atoms with Crippen molar-refractivity contribution in [3.05, 3.63) is 65.1 Å². The van der Waals surface area contributed by atoms with Crippen molar-refractivity contribution in [1.82, 2.24) is 21.2 Å². The molecule has 43 heavy (non-hydrogen) atoms. The lowest BCUT2D eigenvalue weighted by atomic mass is 10.0. The normalized spacial score (nSPS) is 13.3. The van der Waals surface area contributed by atoms with Gasteiger partial charge in [-0.3, -0.25) is 15.0 Å². The zero-order chi connectivity index (χ0) is 31.7. The number of carbonyl (C=O) groups is 2. The van der Waals surface area contributed by atoms with Crippen molar-refractivity contribution in [2.45, 2.75) is 65.8 Å². The molecule has 1 heterocycles. The molecule has 0 spiro atoms. The van der Waals surface area contributed by atoms with Crippen LogP contribution >= 0.6 is 0 Å². The van der Waals surface area contributed by atoms with Crippen molar-refractivity contribution < 1.29 is 41.0 Å². The molecule has 0 radical (unpaired) electrons. The number of hydrogen-bond donors (Lipinski definition) is 4. The molecule has 1 aliphatic rings. The Labute approximate surface area is 246 Å². The number of nitrogens with two attached hydrogens (primary N) is 1. The number of amides is 2. The van der Waals surface area contributed by atoms with Gasteiger partial charge in [0.1, 0.15) is 17.7 Å². The van der Waals surface area contributed by atoms with Gasteiger partial charge in [-0.25, -0.2) is 19.2 Å². The molecular weight excluding hydrogens is 574 g/mol. The van der Waals surface area contributed by atoms with Gasteiger partial charge in [-0.05, 0) is 56.9 Å². The number of hydrazine groups is 1. The van der Waals surface area contributed by atoms with Crippen LogP contribution in [0.4, 0.5) is 17.6 Å². The van der Waals surface area contributed by atoms with Gasteiger partial charge in [-0.15, -0.1) is 0 Å². The smallest absolute Gasteiger partial charge is 0.387 e. The average molecular weight is 610 g/mol. The van der Waals surface area contributed by atoms with E-state index in [1.807, 2.05) is 13.8 Å². The fourth-order valence-electron chi connectivity index (χ4n) is 3.74. The van der Waals surface area contributed by atoms with Gasteiger partial charge in [0.25, 0.3) is 11.8 Å². The van der Waals surface area contributed by atoms with E-state index in [2.05, 4.69) is 25.9 Å². The maximum atomic E-state index is 14.6. The second-order valence-electron chi connectivity index (χ2n) is 9.65. The monoisotopic (exact) mass is 609 g/mol. The molecule has 3 aromatic rings. The van der Waals surface area contributed by atoms with Gasteiger partial charge < -0.3 is 24.9 Å². The maximum Gasteiger partial charge on any atom is 0.387 e. The summed E-state index contributed by atoms with van der Waals surface area (Å²) in [6.45, 7) is 4.45. The number of oxazole rings is 1. The van der Waals surface area contributed by atoms with Crippen molar-refractivity contribution in [2.75, 3.05) is 6.61 Å². The molecular formula is C29H35F4N5O5. The van der Waals surface area contributed by atoms with E-state index in [1.165, 1.54) is 18.2 Å². The molecule has 10 nitrogen and oxygen atoms in total. The molecule has 1 atom stereocenters. The Morgan fingerprint density at radius 3 is 2.42 bits per heavy atom. The summed E-state index contributed by atoms with van der Waals surface area (Å²) in [5.41, 5.74) is 10.5. The zero-order valence-corrected chi connectivity index (χ0v) is 24.2. The Hall–Kier alpha value is -4.17. The van der Waals surface area contributed by atoms with E-state index in [4.69, 9.17) is 14.9 Å². The average Bonchev–Trinajstić information content (AvgIpc) is 3.70. The summed E-state index contributed by atoms with van der Waals surface area (Å²) in [4.78, 5) is 30.4. The maximum absolute atomic E-state index is 14.6. The molecule has 1 aliphatic carbocycles. The predicted octanol–water partition coefficient (Wildman–Crippen LogP) is 5.00. The van der Waals surface area contributed by atoms with Crippen LogP contribution in [-0.2, 0) is 11.3 Å². The van der Waals surface area contributed by atoms with Crippen LogP contribution in [-0.4, -0.2) is 36.1 Å². The molecule has 4 rings (SSSR count). The minimum Gasteiger partial charge on any atom is -0.489 e. The van der Waals surface area contributed by atoms with Crippen LogP contribution in [0, 0.1) is 17.6 Å². The highest BCUT2D eigenvalue weighted by Crippen LogP contribution is 2.36. The number of ether oxygens (including phenoxy) is 2. The summed E-state index contributed by atoms with van der Waals surface area (Å²) >= 11 is 0. The quantitative estimate of drug-likeness (QED) is 0.157. The molecule has 1 saturated carbocycles. The molecule has 1 fully saturated rings. The Bertz CT molecular complexity index is 1400. The van der Waals surface area contributed by atoms with Gasteiger partial charge in [-0.1, -0.05) is 19.9 Å². The second-order valence-corrected chi connectivity index (χ2v) is 9.65. The van der Waals surface area contributed by atoms with E-state index in [1.54, 1.807) is 13.8 Å². The number of halogens is 4. The van der Waals surface area contributed by atoms with Crippen molar-refractivity contribution in [3.8, 4) is 23.0 Å². The topological polar surface area (TPSA) is 141 Å². The fourth-order valence-corrected chi connectivity index (χ4v) is 3.74. The van der Waals surface area contributed by atoms with E-state index < -0.39 is 36.1 Å². The van der Waals surface area contributed by atoms with Crippen LogP contribution in [0.15, 0.2) is 40.8 Å². The molecule has 234 valence electrons. The summed E-state index contributed by atoms with van der Waals surface area (Å²) in [5, 5.41) is 2.40. The minimum absolute atomic E-state index is 0.0365. The molecule has 5 N–H and O–H groups in total. The van der Waals surface area contributed by atoms with E-state index >= 15 is 0 Å². The molecule has 0 saturated heterocycles. The highest BCUT2D eigenvalue weighted by atomic mass is 19.3. The first-order chi connectivity index (χ1) is 20.5. The Kier molecular flexibility index (Phi) is 11.9. The van der Waals surface area contributed by atoms with E-state index in [0.29, 0.717) is 18.6 Å². The minimum atomic E-state index is -3.07. The first-order valence-electron chi connectivity index (χ1n) is 13.8. The van der Waals surface area contributed by atoms with E-state index in [0.717, 1.165) is 25.0 Å². The third-order valence-corrected chi connectivity index (χ3v) is 5.97. The molecule has 0 bridgehead atoms. The van der Waals surface area contributed by atoms with Crippen LogP contribution in [0.2, 0.25) is 0 Å². The first-order valence-corrected chi connectivity index (χ1v) is 13.8. The van der Waals surface area contributed by atoms with Gasteiger partial charge >= 0.3 is 6.61 Å². The lowest BCUT2D eigenvalue weighted by molar-refractivity contribution is -0.124. The Morgan fingerprint density at radius 1 is 1.09 bits per heavy atom. The largest absolute Gasteiger partial charge is 0.489 e. The van der Waals surface area contributed by atoms with Crippen molar-refractivity contribution in [1.29, 1.82) is 0 Å². The van der Waals surface area contributed by atoms with Crippen LogP contribution in [0.25, 0.3) is 11.5 Å². The number of carbonyl (C=O) groups excluding carboxylic acids is 2. The lowest BCUT2D eigenvalue weighted by Gasteiger charge is -2.20. The van der Waals surface area contributed by atoms with Gasteiger partial charge in [-0.2, -0.15) is 8.78 Å². The van der Waals surface area contributed by atoms with Gasteiger partial charge in [0, 0.05) is 23.2 Å². The SMILES string of the molecule is CC.CC(C)NNC(=O)C(NC(=O)c1nc(-c2ccc(OC(F)F)c(OCC3CC3)c2)oc1CN)c1ccc(F)cc1F. The summed E-state index contributed by atoms with van der Waals surface area (Å²) in [6.07, 6.45) is 1.94. The Morgan fingerprint density at radius 2 is 1.81 bits per heavy atom. The number of alkyl halides is 2. The highest BCUT2D eigenvalue weighted by Gasteiger charge is 2.30. The summed E-state index contributed by atoms with van der Waals surface area (Å²) < 4.78 is 69.9. The number of aromatic nitrogens is 1. The van der Waals surface area contributed by atoms with Crippen molar-refractivity contribution in [2.24, 2.45) is 11.7 Å². The first kappa shape index (κ1) is 33.3. The van der Waals surface area contributed by atoms with Gasteiger partial charge in [0.15, 0.2) is 23.0 Å². The number of hydrogen-bond acceptors (Lipinski definition) is 8. The van der Waals surface area contributed by atoms with Crippen LogP contribution in [0.5, 0.6) is 11.5 Å². The molecule has 2 aromatic carbocycles. The molecule has 0 aliphatic heterocycles. The number of benzene rings is 2. The highest BCUT2D eigenvalue weighted by molar-refractivity contribution is 5.97. The van der Waals surface area contributed by atoms with E-state index in [-0.39, 0.29) is 52.6 Å². The van der Waals surface area contributed by atoms with Crippen LogP contribution in [0.3, 0.4) is 0 Å². The fraction of sp³-hybridized carbons (Fsp3) is 0.414. The van der Waals surface area contributed by atoms with Crippen LogP contribution < -0.4 is 31.4 Å². The molecule has 2 amide bonds. The van der Waals surface area contributed by atoms with Crippen LogP contribution in [0.1, 0.15) is 68.4 Å². The zero-order valence-electron chi connectivity index (χ0n) is 24.2. The van der Waals surface area contributed by atoms with Gasteiger partial charge in [0.05, 0.1) is 13.2 Å². The standard InChI is InChI=1S/C27H29F4N5O5.C2H6/c1-13(2)35-36-25(38)22(17-7-6-16(28)10-18(17)29)33-24(37)23-21(11-32)40-26(34-23)15-5-8-19(41-27(30)31)20(9-15)39-12-14-3-4-14;1-2/h5-10,13-14,22,27,35H,3-4,11-12,32H2,1-2H3,(H,33,37)(H,36,38);1-2H3. The summed E-state index contributed by atoms with van der Waals surface area (Å²) in [6, 6.07) is 4.82. The van der Waals surface area contributed by atoms with Gasteiger partial charge in [0.2, 0.25) is 5.89 Å². The third kappa shape index (κ3) is 9.16. The predicted molar refractivity (Wildman–Crippen MR) is 149 cm³/mol. The van der Waals surface area contributed by atoms with Crippen molar-refractivity contribution in [3.63, 3.8) is 0 Å². The lowest BCUT2D eigenvalue weighted by Crippen LogP contribution is -2.48. The Balaban J connectivity index is 0.00000248. The summed E-state index contributed by atoms with van der Waals surface area (Å²) in [5.74, 6) is -3.66. The second kappa shape index (κ2) is 15.3. The van der Waals surface area contributed by atoms with E-state index in [9.17, 15) is 27.2 Å². The number of nitrogens with zero attached hydrogens (tertiary/aromatic N) is 1. The molecule has 14 heteroatoms. The molecule has 1 unspecified atom stereocenters. The van der Waals surface area contributed by atoms with Crippen molar-refractivity contribution >= 4 is 11.8 Å².